The third kappa shape index (κ3) is 2.77. The maximum absolute atomic E-state index is 5.26. The van der Waals surface area contributed by atoms with Gasteiger partial charge in [0.2, 0.25) is 0 Å². The molecule has 0 amide bonds. The van der Waals surface area contributed by atoms with Gasteiger partial charge in [0.05, 0.1) is 13.2 Å². The second-order valence-electron chi connectivity index (χ2n) is 2.32. The van der Waals surface area contributed by atoms with E-state index in [1.54, 1.807) is 16.5 Å². The van der Waals surface area contributed by atoms with Crippen LogP contribution in [0.2, 0.25) is 0 Å². The molecule has 5 heteroatoms. The third-order valence-corrected chi connectivity index (χ3v) is 1.35. The summed E-state index contributed by atoms with van der Waals surface area (Å²) in [6.07, 6.45) is 1.68. The molecule has 0 aromatic carbocycles. The number of hydroxylamine groups is 4. The Balaban J connectivity index is 2.29. The van der Waals surface area contributed by atoms with E-state index in [-0.39, 0.29) is 0 Å². The van der Waals surface area contributed by atoms with Crippen LogP contribution in [-0.4, -0.2) is 43.0 Å². The van der Waals surface area contributed by atoms with Crippen LogP contribution in [0, 0.1) is 0 Å². The first kappa shape index (κ1) is 9.44. The molecule has 0 atom stereocenters. The van der Waals surface area contributed by atoms with Crippen molar-refractivity contribution >= 4 is 6.34 Å². The number of hydrogen-bond acceptors (Lipinski definition) is 5. The molecular formula is C7H15N3O2. The van der Waals surface area contributed by atoms with Crippen LogP contribution in [0.4, 0.5) is 0 Å². The molecule has 0 radical (unpaired) electrons. The van der Waals surface area contributed by atoms with Crippen LogP contribution >= 0.6 is 0 Å². The fourth-order valence-corrected chi connectivity index (χ4v) is 0.960. The van der Waals surface area contributed by atoms with Gasteiger partial charge in [0.25, 0.3) is 0 Å². The van der Waals surface area contributed by atoms with Crippen LogP contribution < -0.4 is 0 Å². The molecule has 0 aliphatic carbocycles. The number of hydrogen-bond donors (Lipinski definition) is 0. The smallest absolute Gasteiger partial charge is 0.124 e. The molecule has 0 saturated carbocycles. The quantitative estimate of drug-likeness (QED) is 0.618. The Morgan fingerprint density at radius 1 is 1.33 bits per heavy atom. The zero-order valence-corrected chi connectivity index (χ0v) is 7.56. The molecule has 0 N–H and O–H groups in total. The van der Waals surface area contributed by atoms with Gasteiger partial charge in [0, 0.05) is 0 Å². The first-order valence-corrected chi connectivity index (χ1v) is 4.14. The third-order valence-electron chi connectivity index (χ3n) is 1.35. The Bertz CT molecular complexity index is 152. The van der Waals surface area contributed by atoms with E-state index < -0.39 is 0 Å². The Morgan fingerprint density at radius 3 is 2.75 bits per heavy atom. The van der Waals surface area contributed by atoms with Gasteiger partial charge in [-0.1, -0.05) is 0 Å². The van der Waals surface area contributed by atoms with Crippen LogP contribution in [0.15, 0.2) is 4.99 Å². The molecule has 0 bridgehead atoms. The van der Waals surface area contributed by atoms with E-state index in [1.807, 2.05) is 13.8 Å². The molecule has 0 aromatic heterocycles. The molecule has 12 heavy (non-hydrogen) atoms. The fourth-order valence-electron chi connectivity index (χ4n) is 0.960. The Labute approximate surface area is 72.5 Å². The highest BCUT2D eigenvalue weighted by atomic mass is 16.7. The van der Waals surface area contributed by atoms with Gasteiger partial charge in [-0.3, -0.25) is 14.7 Å². The largest absolute Gasteiger partial charge is 0.296 e. The van der Waals surface area contributed by atoms with Crippen molar-refractivity contribution in [2.45, 2.75) is 13.8 Å². The maximum atomic E-state index is 5.26. The number of nitrogens with zero attached hydrogens (tertiary/aromatic N) is 3. The van der Waals surface area contributed by atoms with Crippen molar-refractivity contribution in [3.63, 3.8) is 0 Å². The number of aliphatic imine (C=N–C) groups is 1. The van der Waals surface area contributed by atoms with E-state index in [0.717, 1.165) is 0 Å². The topological polar surface area (TPSA) is 37.3 Å². The molecule has 1 rings (SSSR count). The van der Waals surface area contributed by atoms with Gasteiger partial charge in [-0.15, -0.1) is 5.06 Å². The van der Waals surface area contributed by atoms with Crippen LogP contribution in [0.1, 0.15) is 13.8 Å². The minimum Gasteiger partial charge on any atom is -0.296 e. The average Bonchev–Trinajstić information content (AvgIpc) is 2.06. The zero-order valence-electron chi connectivity index (χ0n) is 7.56. The second-order valence-corrected chi connectivity index (χ2v) is 2.32. The van der Waals surface area contributed by atoms with E-state index in [1.165, 1.54) is 0 Å². The summed E-state index contributed by atoms with van der Waals surface area (Å²) in [5, 5.41) is 3.40. The highest BCUT2D eigenvalue weighted by Crippen LogP contribution is 2.00. The molecule has 0 spiro atoms. The Hall–Kier alpha value is -0.650. The van der Waals surface area contributed by atoms with Crippen molar-refractivity contribution in [2.24, 2.45) is 4.99 Å². The summed E-state index contributed by atoms with van der Waals surface area (Å²) in [7, 11) is 0. The minimum atomic E-state index is 0.581. The molecule has 0 fully saturated rings. The van der Waals surface area contributed by atoms with E-state index in [0.29, 0.717) is 26.6 Å². The lowest BCUT2D eigenvalue weighted by molar-refractivity contribution is -0.228. The van der Waals surface area contributed by atoms with Gasteiger partial charge in [0.1, 0.15) is 19.7 Å². The molecule has 1 heterocycles. The summed E-state index contributed by atoms with van der Waals surface area (Å²) >= 11 is 0. The summed E-state index contributed by atoms with van der Waals surface area (Å²) in [5.41, 5.74) is 0. The minimum absolute atomic E-state index is 0.581. The second kappa shape index (κ2) is 5.08. The van der Waals surface area contributed by atoms with Crippen molar-refractivity contribution < 1.29 is 9.68 Å². The normalized spacial score (nSPS) is 18.7. The number of rotatable bonds is 4. The average molecular weight is 173 g/mol. The first-order valence-electron chi connectivity index (χ1n) is 4.14. The molecule has 0 unspecified atom stereocenters. The first-order chi connectivity index (χ1) is 5.86. The van der Waals surface area contributed by atoms with Gasteiger partial charge in [-0.25, -0.2) is 5.06 Å². The van der Waals surface area contributed by atoms with Crippen molar-refractivity contribution in [3.8, 4) is 0 Å². The summed E-state index contributed by atoms with van der Waals surface area (Å²) in [4.78, 5) is 14.5. The molecule has 1 aliphatic rings. The molecule has 70 valence electrons. The van der Waals surface area contributed by atoms with Gasteiger partial charge in [-0.2, -0.15) is 0 Å². The van der Waals surface area contributed by atoms with E-state index in [4.69, 9.17) is 9.68 Å². The summed E-state index contributed by atoms with van der Waals surface area (Å²) in [5.74, 6) is 0. The highest BCUT2D eigenvalue weighted by Gasteiger charge is 2.12. The summed E-state index contributed by atoms with van der Waals surface area (Å²) in [6.45, 7) is 6.39. The fraction of sp³-hybridized carbons (Fsp3) is 0.857. The molecule has 0 aromatic rings. The van der Waals surface area contributed by atoms with E-state index in [9.17, 15) is 0 Å². The van der Waals surface area contributed by atoms with Crippen LogP contribution in [0.25, 0.3) is 0 Å². The lowest BCUT2D eigenvalue weighted by Crippen LogP contribution is -2.41. The molecule has 5 nitrogen and oxygen atoms in total. The van der Waals surface area contributed by atoms with Crippen molar-refractivity contribution in [2.75, 3.05) is 26.6 Å². The summed E-state index contributed by atoms with van der Waals surface area (Å²) < 4.78 is 0. The Kier molecular flexibility index (Phi) is 3.99. The maximum Gasteiger partial charge on any atom is 0.124 e. The molecular weight excluding hydrogens is 158 g/mol. The van der Waals surface area contributed by atoms with Gasteiger partial charge < -0.3 is 0 Å². The monoisotopic (exact) mass is 173 g/mol. The van der Waals surface area contributed by atoms with Crippen LogP contribution in [0.3, 0.4) is 0 Å². The molecule has 0 saturated heterocycles. The Morgan fingerprint density at radius 2 is 2.08 bits per heavy atom. The van der Waals surface area contributed by atoms with Crippen LogP contribution in [-0.2, 0) is 9.68 Å². The SMILES string of the molecule is CCON1C=NCN(OCC)C1. The lowest BCUT2D eigenvalue weighted by atomic mass is 10.8. The van der Waals surface area contributed by atoms with Gasteiger partial charge >= 0.3 is 0 Å². The standard InChI is InChI=1S/C7H15N3O2/c1-3-11-9-5-8-6-10(7-9)12-4-2/h5H,3-4,6-7H2,1-2H3. The van der Waals surface area contributed by atoms with Gasteiger partial charge in [-0.05, 0) is 13.8 Å². The highest BCUT2D eigenvalue weighted by molar-refractivity contribution is 5.53. The predicted octanol–water partition coefficient (Wildman–Crippen LogP) is 0.450. The van der Waals surface area contributed by atoms with Crippen molar-refractivity contribution in [3.05, 3.63) is 0 Å². The van der Waals surface area contributed by atoms with E-state index >= 15 is 0 Å². The van der Waals surface area contributed by atoms with Crippen molar-refractivity contribution in [1.82, 2.24) is 10.1 Å². The summed E-state index contributed by atoms with van der Waals surface area (Å²) in [6, 6.07) is 0. The zero-order chi connectivity index (χ0) is 8.81. The van der Waals surface area contributed by atoms with Crippen molar-refractivity contribution in [1.29, 1.82) is 0 Å². The van der Waals surface area contributed by atoms with E-state index in [2.05, 4.69) is 4.99 Å². The lowest BCUT2D eigenvalue weighted by Gasteiger charge is -2.29. The van der Waals surface area contributed by atoms with Crippen LogP contribution in [0.5, 0.6) is 0 Å². The molecule has 1 aliphatic heterocycles. The predicted molar refractivity (Wildman–Crippen MR) is 45.2 cm³/mol. The van der Waals surface area contributed by atoms with Gasteiger partial charge in [0.15, 0.2) is 0 Å².